The lowest BCUT2D eigenvalue weighted by Gasteiger charge is -2.16. The highest BCUT2D eigenvalue weighted by atomic mass is 32.1. The third-order valence-corrected chi connectivity index (χ3v) is 3.41. The molecule has 0 aliphatic heterocycles. The molecule has 0 radical (unpaired) electrons. The van der Waals surface area contributed by atoms with E-state index in [-0.39, 0.29) is 6.04 Å². The standard InChI is InChI=1S/C11H16N4S/c1-2-7-15-9(5-6-13-15)11(14-12)10-4-3-8-16-10/h3-6,8,11,14H,2,7,12H2,1H3. The lowest BCUT2D eigenvalue weighted by molar-refractivity contribution is 0.524. The lowest BCUT2D eigenvalue weighted by Crippen LogP contribution is -2.30. The second-order valence-electron chi connectivity index (χ2n) is 3.59. The average Bonchev–Trinajstić information content (AvgIpc) is 2.92. The van der Waals surface area contributed by atoms with E-state index < -0.39 is 0 Å². The first-order valence-corrected chi connectivity index (χ1v) is 6.26. The predicted molar refractivity (Wildman–Crippen MR) is 66.0 cm³/mol. The number of rotatable bonds is 5. The summed E-state index contributed by atoms with van der Waals surface area (Å²) in [4.78, 5) is 1.21. The summed E-state index contributed by atoms with van der Waals surface area (Å²) in [7, 11) is 0. The lowest BCUT2D eigenvalue weighted by atomic mass is 10.2. The first-order valence-electron chi connectivity index (χ1n) is 5.38. The van der Waals surface area contributed by atoms with Crippen LogP contribution >= 0.6 is 11.3 Å². The van der Waals surface area contributed by atoms with Crippen molar-refractivity contribution in [3.05, 3.63) is 40.3 Å². The number of aromatic nitrogens is 2. The molecule has 0 fully saturated rings. The first-order chi connectivity index (χ1) is 7.86. The zero-order valence-corrected chi connectivity index (χ0v) is 10.1. The molecule has 2 heterocycles. The molecule has 1 unspecified atom stereocenters. The number of hydrazine groups is 1. The SMILES string of the molecule is CCCn1nccc1C(NN)c1cccs1. The maximum absolute atomic E-state index is 5.64. The van der Waals surface area contributed by atoms with Gasteiger partial charge >= 0.3 is 0 Å². The Morgan fingerprint density at radius 3 is 3.06 bits per heavy atom. The van der Waals surface area contributed by atoms with Gasteiger partial charge in [0.25, 0.3) is 0 Å². The Kier molecular flexibility index (Phi) is 3.71. The van der Waals surface area contributed by atoms with E-state index >= 15 is 0 Å². The molecule has 0 spiro atoms. The Morgan fingerprint density at radius 2 is 2.44 bits per heavy atom. The minimum atomic E-state index is 0.0362. The Labute approximate surface area is 99.1 Å². The predicted octanol–water partition coefficient (Wildman–Crippen LogP) is 1.91. The van der Waals surface area contributed by atoms with Gasteiger partial charge in [0, 0.05) is 17.6 Å². The number of thiophene rings is 1. The van der Waals surface area contributed by atoms with Crippen molar-refractivity contribution in [1.29, 1.82) is 0 Å². The van der Waals surface area contributed by atoms with Gasteiger partial charge < -0.3 is 0 Å². The normalized spacial score (nSPS) is 12.9. The summed E-state index contributed by atoms with van der Waals surface area (Å²) < 4.78 is 2.00. The molecular formula is C11H16N4S. The molecule has 1 atom stereocenters. The number of hydrogen-bond acceptors (Lipinski definition) is 4. The van der Waals surface area contributed by atoms with Crippen molar-refractivity contribution in [2.75, 3.05) is 0 Å². The summed E-state index contributed by atoms with van der Waals surface area (Å²) >= 11 is 1.70. The highest BCUT2D eigenvalue weighted by Gasteiger charge is 2.17. The molecule has 2 rings (SSSR count). The molecule has 86 valence electrons. The average molecular weight is 236 g/mol. The van der Waals surface area contributed by atoms with Gasteiger partial charge in [-0.05, 0) is 23.9 Å². The summed E-state index contributed by atoms with van der Waals surface area (Å²) in [6.07, 6.45) is 2.89. The van der Waals surface area contributed by atoms with Gasteiger partial charge in [0.1, 0.15) is 0 Å². The smallest absolute Gasteiger partial charge is 0.0969 e. The summed E-state index contributed by atoms with van der Waals surface area (Å²) in [5.41, 5.74) is 3.97. The van der Waals surface area contributed by atoms with Crippen LogP contribution in [0.15, 0.2) is 29.8 Å². The van der Waals surface area contributed by atoms with Crippen LogP contribution in [0.4, 0.5) is 0 Å². The number of aryl methyl sites for hydroxylation is 1. The molecule has 0 saturated carbocycles. The van der Waals surface area contributed by atoms with Crippen LogP contribution in [-0.2, 0) is 6.54 Å². The molecule has 0 aliphatic rings. The van der Waals surface area contributed by atoms with Crippen LogP contribution in [-0.4, -0.2) is 9.78 Å². The molecule has 0 aromatic carbocycles. The Bertz CT molecular complexity index is 421. The first kappa shape index (κ1) is 11.3. The van der Waals surface area contributed by atoms with Gasteiger partial charge in [0.15, 0.2) is 0 Å². The van der Waals surface area contributed by atoms with E-state index in [0.29, 0.717) is 0 Å². The van der Waals surface area contributed by atoms with Crippen LogP contribution in [0.25, 0.3) is 0 Å². The van der Waals surface area contributed by atoms with E-state index in [9.17, 15) is 0 Å². The van der Waals surface area contributed by atoms with Crippen LogP contribution in [0.3, 0.4) is 0 Å². The van der Waals surface area contributed by atoms with E-state index in [2.05, 4.69) is 28.9 Å². The maximum Gasteiger partial charge on any atom is 0.0969 e. The van der Waals surface area contributed by atoms with Crippen LogP contribution in [0.2, 0.25) is 0 Å². The van der Waals surface area contributed by atoms with Crippen molar-refractivity contribution in [3.63, 3.8) is 0 Å². The second kappa shape index (κ2) is 5.25. The van der Waals surface area contributed by atoms with Crippen molar-refractivity contribution in [2.24, 2.45) is 5.84 Å². The van der Waals surface area contributed by atoms with Gasteiger partial charge in [0.2, 0.25) is 0 Å². The Balaban J connectivity index is 2.30. The molecule has 2 aromatic heterocycles. The van der Waals surface area contributed by atoms with Crippen LogP contribution in [0.1, 0.15) is 30.0 Å². The van der Waals surface area contributed by atoms with Gasteiger partial charge in [0.05, 0.1) is 11.7 Å². The van der Waals surface area contributed by atoms with Crippen molar-refractivity contribution in [1.82, 2.24) is 15.2 Å². The summed E-state index contributed by atoms with van der Waals surface area (Å²) in [6.45, 7) is 3.06. The molecular weight excluding hydrogens is 220 g/mol. The fraction of sp³-hybridized carbons (Fsp3) is 0.364. The molecule has 2 aromatic rings. The molecule has 3 N–H and O–H groups in total. The quantitative estimate of drug-likeness (QED) is 0.616. The fourth-order valence-corrected chi connectivity index (χ4v) is 2.55. The van der Waals surface area contributed by atoms with Gasteiger partial charge in [-0.25, -0.2) is 5.43 Å². The number of nitrogens with two attached hydrogens (primary N) is 1. The molecule has 16 heavy (non-hydrogen) atoms. The third-order valence-electron chi connectivity index (χ3n) is 2.47. The zero-order chi connectivity index (χ0) is 11.4. The fourth-order valence-electron chi connectivity index (χ4n) is 1.76. The van der Waals surface area contributed by atoms with Crippen molar-refractivity contribution in [2.45, 2.75) is 25.9 Å². The number of hydrogen-bond donors (Lipinski definition) is 2. The molecule has 0 saturated heterocycles. The van der Waals surface area contributed by atoms with Crippen LogP contribution < -0.4 is 11.3 Å². The highest BCUT2D eigenvalue weighted by Crippen LogP contribution is 2.25. The summed E-state index contributed by atoms with van der Waals surface area (Å²) in [5.74, 6) is 5.64. The van der Waals surface area contributed by atoms with Crippen LogP contribution in [0.5, 0.6) is 0 Å². The number of nitrogens with one attached hydrogen (secondary N) is 1. The van der Waals surface area contributed by atoms with Gasteiger partial charge in [-0.1, -0.05) is 13.0 Å². The van der Waals surface area contributed by atoms with Crippen molar-refractivity contribution in [3.8, 4) is 0 Å². The van der Waals surface area contributed by atoms with Gasteiger partial charge in [-0.15, -0.1) is 11.3 Å². The van der Waals surface area contributed by atoms with E-state index in [1.165, 1.54) is 4.88 Å². The molecule has 4 nitrogen and oxygen atoms in total. The van der Waals surface area contributed by atoms with E-state index in [0.717, 1.165) is 18.7 Å². The minimum absolute atomic E-state index is 0.0362. The highest BCUT2D eigenvalue weighted by molar-refractivity contribution is 7.10. The van der Waals surface area contributed by atoms with Crippen LogP contribution in [0, 0.1) is 0 Å². The minimum Gasteiger partial charge on any atom is -0.270 e. The molecule has 0 bridgehead atoms. The van der Waals surface area contributed by atoms with Gasteiger partial charge in [-0.2, -0.15) is 5.10 Å². The Morgan fingerprint density at radius 1 is 1.56 bits per heavy atom. The van der Waals surface area contributed by atoms with E-state index in [1.54, 1.807) is 11.3 Å². The second-order valence-corrected chi connectivity index (χ2v) is 4.57. The molecule has 0 aliphatic carbocycles. The van der Waals surface area contributed by atoms with Crippen molar-refractivity contribution >= 4 is 11.3 Å². The molecule has 5 heteroatoms. The summed E-state index contributed by atoms with van der Waals surface area (Å²) in [6, 6.07) is 6.16. The topological polar surface area (TPSA) is 55.9 Å². The Hall–Kier alpha value is -1.17. The third kappa shape index (κ3) is 2.16. The molecule has 0 amide bonds. The van der Waals surface area contributed by atoms with Gasteiger partial charge in [-0.3, -0.25) is 10.5 Å². The largest absolute Gasteiger partial charge is 0.270 e. The zero-order valence-electron chi connectivity index (χ0n) is 9.26. The van der Waals surface area contributed by atoms with E-state index in [1.807, 2.05) is 23.0 Å². The maximum atomic E-state index is 5.64. The van der Waals surface area contributed by atoms with Crippen molar-refractivity contribution < 1.29 is 0 Å². The van der Waals surface area contributed by atoms with E-state index in [4.69, 9.17) is 5.84 Å². The monoisotopic (exact) mass is 236 g/mol. The number of nitrogens with zero attached hydrogens (tertiary/aromatic N) is 2. The summed E-state index contributed by atoms with van der Waals surface area (Å²) in [5, 5.41) is 6.37.